The summed E-state index contributed by atoms with van der Waals surface area (Å²) in [6, 6.07) is 41.0. The molecule has 4 aromatic carbocycles. The van der Waals surface area contributed by atoms with Crippen LogP contribution in [0.4, 0.5) is 0 Å². The molecule has 0 aliphatic heterocycles. The summed E-state index contributed by atoms with van der Waals surface area (Å²) in [5.41, 5.74) is 18.9. The van der Waals surface area contributed by atoms with Crippen molar-refractivity contribution in [3.63, 3.8) is 0 Å². The van der Waals surface area contributed by atoms with Crippen LogP contribution < -0.4 is 0 Å². The summed E-state index contributed by atoms with van der Waals surface area (Å²) < 4.78 is 0. The lowest BCUT2D eigenvalue weighted by molar-refractivity contribution is 0.518. The summed E-state index contributed by atoms with van der Waals surface area (Å²) in [7, 11) is 0. The van der Waals surface area contributed by atoms with E-state index in [2.05, 4.69) is 147 Å². The molecule has 2 aliphatic rings. The van der Waals surface area contributed by atoms with Crippen molar-refractivity contribution in [2.75, 3.05) is 0 Å². The van der Waals surface area contributed by atoms with Crippen LogP contribution in [0.2, 0.25) is 0 Å². The van der Waals surface area contributed by atoms with E-state index in [1.807, 2.05) is 24.8 Å². The van der Waals surface area contributed by atoms with Gasteiger partial charge in [0.05, 0.1) is 0 Å². The molecule has 236 valence electrons. The molecule has 0 bridgehead atoms. The molecule has 6 aromatic rings. The lowest BCUT2D eigenvalue weighted by Crippen LogP contribution is -2.26. The Labute approximate surface area is 285 Å². The third kappa shape index (κ3) is 4.46. The van der Waals surface area contributed by atoms with Crippen LogP contribution in [0.3, 0.4) is 0 Å². The van der Waals surface area contributed by atoms with Gasteiger partial charge >= 0.3 is 0 Å². The summed E-state index contributed by atoms with van der Waals surface area (Å²) >= 11 is 0. The second-order valence-electron chi connectivity index (χ2n) is 13.5. The van der Waals surface area contributed by atoms with E-state index in [-0.39, 0.29) is 10.8 Å². The van der Waals surface area contributed by atoms with Crippen molar-refractivity contribution in [2.24, 2.45) is 0 Å². The molecule has 2 aliphatic carbocycles. The van der Waals surface area contributed by atoms with E-state index in [0.717, 1.165) is 25.7 Å². The van der Waals surface area contributed by atoms with Gasteiger partial charge in [-0.25, -0.2) is 0 Å². The molecule has 8 rings (SSSR count). The van der Waals surface area contributed by atoms with E-state index in [4.69, 9.17) is 0 Å². The standard InChI is InChI=1S/C46H42N2/c1-5-45(6-2)41-29-34(31-12-10-9-11-13-31)14-16-39(41)43-44(45)40-17-15-35(30-42(40)46(43,7-3)8-4)38-27-36(32-18-22-47-23-19-32)26-37(28-38)33-20-24-48-25-21-33/h9-30H,5-8H2,1-4H3. The SMILES string of the molecule is CCC1(CC)C2=C(c3ccc(-c4ccccc4)cc31)C(CC)(CC)c1cc(-c3cc(-c4ccncc4)cc(-c4ccncc4)c3)ccc12. The van der Waals surface area contributed by atoms with Crippen LogP contribution in [-0.2, 0) is 10.8 Å². The first-order valence-corrected chi connectivity index (χ1v) is 17.6. The quantitative estimate of drug-likeness (QED) is 0.169. The van der Waals surface area contributed by atoms with Gasteiger partial charge in [-0.1, -0.05) is 82.3 Å². The van der Waals surface area contributed by atoms with Crippen molar-refractivity contribution in [3.05, 3.63) is 156 Å². The number of hydrogen-bond acceptors (Lipinski definition) is 2. The van der Waals surface area contributed by atoms with Crippen molar-refractivity contribution in [1.29, 1.82) is 0 Å². The fourth-order valence-corrected chi connectivity index (χ4v) is 9.02. The van der Waals surface area contributed by atoms with Gasteiger partial charge in [-0.15, -0.1) is 0 Å². The van der Waals surface area contributed by atoms with E-state index >= 15 is 0 Å². The summed E-state index contributed by atoms with van der Waals surface area (Å²) in [6.45, 7) is 9.60. The number of aromatic nitrogens is 2. The monoisotopic (exact) mass is 622 g/mol. The van der Waals surface area contributed by atoms with Crippen LogP contribution in [0.1, 0.15) is 75.6 Å². The maximum Gasteiger partial charge on any atom is 0.0273 e. The van der Waals surface area contributed by atoms with Crippen LogP contribution in [0, 0.1) is 0 Å². The van der Waals surface area contributed by atoms with Crippen LogP contribution >= 0.6 is 0 Å². The highest BCUT2D eigenvalue weighted by Gasteiger charge is 2.54. The summed E-state index contributed by atoms with van der Waals surface area (Å²) in [4.78, 5) is 8.57. The summed E-state index contributed by atoms with van der Waals surface area (Å²) in [5, 5.41) is 0. The fraction of sp³-hybridized carbons (Fsp3) is 0.217. The Hall–Kier alpha value is -5.08. The van der Waals surface area contributed by atoms with Crippen LogP contribution in [0.15, 0.2) is 134 Å². The normalized spacial score (nSPS) is 15.2. The number of fused-ring (bicyclic) bond motifs is 4. The summed E-state index contributed by atoms with van der Waals surface area (Å²) in [5.74, 6) is 0. The van der Waals surface area contributed by atoms with E-state index in [9.17, 15) is 0 Å². The minimum atomic E-state index is -0.0353. The second kappa shape index (κ2) is 11.9. The molecule has 2 aromatic heterocycles. The lowest BCUT2D eigenvalue weighted by Gasteiger charge is -2.35. The van der Waals surface area contributed by atoms with E-state index < -0.39 is 0 Å². The van der Waals surface area contributed by atoms with Crippen molar-refractivity contribution in [3.8, 4) is 44.5 Å². The van der Waals surface area contributed by atoms with Crippen LogP contribution in [-0.4, -0.2) is 9.97 Å². The largest absolute Gasteiger partial charge is 0.265 e. The third-order valence-electron chi connectivity index (χ3n) is 11.6. The van der Waals surface area contributed by atoms with Gasteiger partial charge in [0.15, 0.2) is 0 Å². The minimum Gasteiger partial charge on any atom is -0.265 e. The predicted octanol–water partition coefficient (Wildman–Crippen LogP) is 12.2. The molecule has 2 nitrogen and oxygen atoms in total. The van der Waals surface area contributed by atoms with Crippen molar-refractivity contribution in [2.45, 2.75) is 64.2 Å². The highest BCUT2D eigenvalue weighted by atomic mass is 14.6. The van der Waals surface area contributed by atoms with Gasteiger partial charge in [-0.2, -0.15) is 0 Å². The fourth-order valence-electron chi connectivity index (χ4n) is 9.02. The molecule has 0 saturated heterocycles. The minimum absolute atomic E-state index is 0.00636. The topological polar surface area (TPSA) is 25.8 Å². The maximum atomic E-state index is 4.28. The molecular formula is C46H42N2. The van der Waals surface area contributed by atoms with Gasteiger partial charge in [-0.05, 0) is 158 Å². The first-order valence-electron chi connectivity index (χ1n) is 17.6. The number of pyridine rings is 2. The predicted molar refractivity (Wildman–Crippen MR) is 202 cm³/mol. The molecular weight excluding hydrogens is 581 g/mol. The number of nitrogens with zero attached hydrogens (tertiary/aromatic N) is 2. The number of rotatable bonds is 8. The molecule has 48 heavy (non-hydrogen) atoms. The Balaban J connectivity index is 1.31. The van der Waals surface area contributed by atoms with Crippen molar-refractivity contribution in [1.82, 2.24) is 9.97 Å². The van der Waals surface area contributed by atoms with Crippen molar-refractivity contribution >= 4 is 11.1 Å². The maximum absolute atomic E-state index is 4.28. The van der Waals surface area contributed by atoms with E-state index in [1.165, 1.54) is 66.8 Å². The zero-order valence-corrected chi connectivity index (χ0v) is 28.4. The molecule has 0 atom stereocenters. The van der Waals surface area contributed by atoms with Crippen LogP contribution in [0.5, 0.6) is 0 Å². The van der Waals surface area contributed by atoms with E-state index in [1.54, 1.807) is 11.1 Å². The molecule has 0 N–H and O–H groups in total. The Kier molecular flexibility index (Phi) is 7.48. The molecule has 0 unspecified atom stereocenters. The molecule has 0 spiro atoms. The third-order valence-corrected chi connectivity index (χ3v) is 11.6. The van der Waals surface area contributed by atoms with Gasteiger partial charge in [0.1, 0.15) is 0 Å². The Morgan fingerprint density at radius 3 is 1.17 bits per heavy atom. The molecule has 0 saturated carbocycles. The van der Waals surface area contributed by atoms with Crippen molar-refractivity contribution < 1.29 is 0 Å². The smallest absolute Gasteiger partial charge is 0.0273 e. The van der Waals surface area contributed by atoms with Gasteiger partial charge in [0.2, 0.25) is 0 Å². The lowest BCUT2D eigenvalue weighted by atomic mass is 9.68. The van der Waals surface area contributed by atoms with Gasteiger partial charge in [0.25, 0.3) is 0 Å². The number of hydrogen-bond donors (Lipinski definition) is 0. The van der Waals surface area contributed by atoms with Gasteiger partial charge in [-0.3, -0.25) is 9.97 Å². The first kappa shape index (κ1) is 30.3. The summed E-state index contributed by atoms with van der Waals surface area (Å²) in [6.07, 6.45) is 11.8. The Morgan fingerprint density at radius 1 is 0.375 bits per heavy atom. The zero-order chi connectivity index (χ0) is 32.9. The molecule has 0 radical (unpaired) electrons. The highest BCUT2D eigenvalue weighted by Crippen LogP contribution is 2.67. The highest BCUT2D eigenvalue weighted by molar-refractivity contribution is 6.10. The first-order chi connectivity index (χ1) is 23.6. The molecule has 2 heteroatoms. The molecule has 0 amide bonds. The van der Waals surface area contributed by atoms with Crippen LogP contribution in [0.25, 0.3) is 55.7 Å². The average molecular weight is 623 g/mol. The van der Waals surface area contributed by atoms with Gasteiger partial charge in [0, 0.05) is 35.6 Å². The zero-order valence-electron chi connectivity index (χ0n) is 28.4. The van der Waals surface area contributed by atoms with Gasteiger partial charge < -0.3 is 0 Å². The number of allylic oxidation sites excluding steroid dienone is 2. The Morgan fingerprint density at radius 2 is 0.750 bits per heavy atom. The average Bonchev–Trinajstić information content (AvgIpc) is 3.63. The number of benzene rings is 4. The molecule has 0 fully saturated rings. The molecule has 2 heterocycles. The van der Waals surface area contributed by atoms with E-state index in [0.29, 0.717) is 0 Å². The second-order valence-corrected chi connectivity index (χ2v) is 13.5. The Bertz CT molecular complexity index is 2090.